The maximum atomic E-state index is 10.7. The zero-order chi connectivity index (χ0) is 9.07. The van der Waals surface area contributed by atoms with Crippen molar-refractivity contribution in [2.45, 2.75) is 13.8 Å². The van der Waals surface area contributed by atoms with Crippen molar-refractivity contribution in [1.82, 2.24) is 0 Å². The zero-order valence-corrected chi connectivity index (χ0v) is 4.89. The van der Waals surface area contributed by atoms with E-state index in [4.69, 9.17) is 4.11 Å². The van der Waals surface area contributed by atoms with Gasteiger partial charge >= 0.3 is 5.97 Å². The molecule has 0 rings (SSSR count). The maximum Gasteiger partial charge on any atom is 0.333 e. The first-order chi connectivity index (χ1) is 4.87. The summed E-state index contributed by atoms with van der Waals surface area (Å²) in [5.41, 5.74) is 0.293. The molecule has 0 saturated heterocycles. The van der Waals surface area contributed by atoms with E-state index < -0.39 is 13.0 Å². The third-order valence-corrected chi connectivity index (χ3v) is 0.848. The summed E-state index contributed by atoms with van der Waals surface area (Å²) in [6.07, 6.45) is 1.49. The lowest BCUT2D eigenvalue weighted by atomic mass is 10.3. The van der Waals surface area contributed by atoms with Gasteiger partial charge in [0, 0.05) is 5.57 Å². The van der Waals surface area contributed by atoms with Crippen LogP contribution in [0.15, 0.2) is 11.6 Å². The number of rotatable bonds is 1. The molecule has 0 aromatic carbocycles. The molecule has 0 radical (unpaired) electrons. The molecule has 0 atom stereocenters. The van der Waals surface area contributed by atoms with Gasteiger partial charge < -0.3 is 4.74 Å². The number of esters is 1. The molecule has 0 saturated carbocycles. The Bertz CT molecular complexity index is 181. The fourth-order valence-electron chi connectivity index (χ4n) is 0.198. The summed E-state index contributed by atoms with van der Waals surface area (Å²) in [5, 5.41) is 0. The minimum absolute atomic E-state index is 0.293. The number of allylic oxidation sites excluding steroid dienone is 1. The van der Waals surface area contributed by atoms with Crippen molar-refractivity contribution in [3.63, 3.8) is 0 Å². The molecule has 46 valence electrons. The molecule has 2 heteroatoms. The van der Waals surface area contributed by atoms with E-state index in [1.54, 1.807) is 6.92 Å². The largest absolute Gasteiger partial charge is 0.466 e. The van der Waals surface area contributed by atoms with Crippen molar-refractivity contribution in [2.24, 2.45) is 0 Å². The summed E-state index contributed by atoms with van der Waals surface area (Å²) in [6.45, 7) is 3.13. The Morgan fingerprint density at radius 3 is 2.88 bits per heavy atom. The predicted molar refractivity (Wildman–Crippen MR) is 31.4 cm³/mol. The molecule has 2 nitrogen and oxygen atoms in total. The Kier molecular flexibility index (Phi) is 1.33. The van der Waals surface area contributed by atoms with Crippen LogP contribution in [0.1, 0.15) is 18.0 Å². The first-order valence-electron chi connectivity index (χ1n) is 3.73. The fraction of sp³-hybridized carbons (Fsp3) is 0.500. The average Bonchev–Trinajstić information content (AvgIpc) is 1.82. The van der Waals surface area contributed by atoms with E-state index in [2.05, 4.69) is 4.74 Å². The third kappa shape index (κ3) is 1.78. The molecule has 0 amide bonds. The van der Waals surface area contributed by atoms with Crippen LogP contribution < -0.4 is 0 Å². The SMILES string of the molecule is [2H]C([2H])([2H])OC(=O)/C(C)=C\C. The van der Waals surface area contributed by atoms with Crippen molar-refractivity contribution in [3.8, 4) is 0 Å². The third-order valence-electron chi connectivity index (χ3n) is 0.848. The monoisotopic (exact) mass is 117 g/mol. The van der Waals surface area contributed by atoms with E-state index in [1.807, 2.05) is 0 Å². The zero-order valence-electron chi connectivity index (χ0n) is 7.89. The van der Waals surface area contributed by atoms with Gasteiger partial charge in [0.1, 0.15) is 0 Å². The first kappa shape index (κ1) is 3.28. The van der Waals surface area contributed by atoms with Gasteiger partial charge in [0.15, 0.2) is 0 Å². The second-order valence-corrected chi connectivity index (χ2v) is 1.36. The molecule has 0 aliphatic carbocycles. The second kappa shape index (κ2) is 3.24. The van der Waals surface area contributed by atoms with Gasteiger partial charge in [-0.3, -0.25) is 0 Å². The van der Waals surface area contributed by atoms with Crippen molar-refractivity contribution < 1.29 is 13.6 Å². The summed E-state index contributed by atoms with van der Waals surface area (Å²) in [5.74, 6) is -0.799. The van der Waals surface area contributed by atoms with Crippen LogP contribution in [0.4, 0.5) is 0 Å². The Balaban J connectivity index is 4.10. The Hall–Kier alpha value is -0.790. The minimum atomic E-state index is -2.64. The van der Waals surface area contributed by atoms with Crippen LogP contribution in [-0.2, 0) is 9.53 Å². The smallest absolute Gasteiger partial charge is 0.333 e. The number of hydrogen-bond donors (Lipinski definition) is 0. The van der Waals surface area contributed by atoms with Crippen molar-refractivity contribution in [1.29, 1.82) is 0 Å². The highest BCUT2D eigenvalue weighted by molar-refractivity contribution is 5.87. The number of carbonyl (C=O) groups is 1. The molecule has 0 unspecified atom stereocenters. The second-order valence-electron chi connectivity index (χ2n) is 1.36. The number of hydrogen-bond acceptors (Lipinski definition) is 2. The van der Waals surface area contributed by atoms with Crippen LogP contribution in [0.25, 0.3) is 0 Å². The quantitative estimate of drug-likeness (QED) is 0.380. The molecular formula is C6H10O2. The van der Waals surface area contributed by atoms with E-state index in [1.165, 1.54) is 13.0 Å². The van der Waals surface area contributed by atoms with Crippen molar-refractivity contribution in [2.75, 3.05) is 7.04 Å². The number of methoxy groups -OCH3 is 1. The highest BCUT2D eigenvalue weighted by atomic mass is 16.5. The lowest BCUT2D eigenvalue weighted by Gasteiger charge is -1.93. The van der Waals surface area contributed by atoms with E-state index >= 15 is 0 Å². The Labute approximate surface area is 53.4 Å². The maximum absolute atomic E-state index is 10.7. The van der Waals surface area contributed by atoms with Gasteiger partial charge in [0.05, 0.1) is 11.2 Å². The molecule has 0 aromatic heterocycles. The van der Waals surface area contributed by atoms with Crippen LogP contribution in [0.5, 0.6) is 0 Å². The molecule has 0 aromatic rings. The fourth-order valence-corrected chi connectivity index (χ4v) is 0.198. The Morgan fingerprint density at radius 2 is 2.50 bits per heavy atom. The first-order valence-corrected chi connectivity index (χ1v) is 2.23. The van der Waals surface area contributed by atoms with E-state index in [-0.39, 0.29) is 0 Å². The molecule has 0 aliphatic heterocycles. The predicted octanol–water partition coefficient (Wildman–Crippen LogP) is 1.13. The topological polar surface area (TPSA) is 26.3 Å². The van der Waals surface area contributed by atoms with Gasteiger partial charge in [-0.2, -0.15) is 0 Å². The van der Waals surface area contributed by atoms with Crippen LogP contribution >= 0.6 is 0 Å². The van der Waals surface area contributed by atoms with Gasteiger partial charge in [-0.1, -0.05) is 6.08 Å². The normalized spacial score (nSPS) is 18.2. The Morgan fingerprint density at radius 1 is 1.88 bits per heavy atom. The van der Waals surface area contributed by atoms with Gasteiger partial charge in [-0.25, -0.2) is 4.79 Å². The van der Waals surface area contributed by atoms with Crippen molar-refractivity contribution in [3.05, 3.63) is 11.6 Å². The van der Waals surface area contributed by atoms with Gasteiger partial charge in [-0.15, -0.1) is 0 Å². The van der Waals surface area contributed by atoms with E-state index in [0.717, 1.165) is 0 Å². The number of ether oxygens (including phenoxy) is 1. The molecule has 0 N–H and O–H groups in total. The standard InChI is InChI=1S/C6H10O2/c1-4-5(2)6(7)8-3/h4H,1-3H3/b5-4-/i3D3. The minimum Gasteiger partial charge on any atom is -0.466 e. The summed E-state index contributed by atoms with van der Waals surface area (Å²) in [4.78, 5) is 10.7. The van der Waals surface area contributed by atoms with E-state index in [9.17, 15) is 4.79 Å². The van der Waals surface area contributed by atoms with Crippen LogP contribution in [0, 0.1) is 0 Å². The molecule has 0 heterocycles. The summed E-state index contributed by atoms with van der Waals surface area (Å²) in [7, 11) is -2.64. The molecule has 0 spiro atoms. The highest BCUT2D eigenvalue weighted by Crippen LogP contribution is 1.92. The summed E-state index contributed by atoms with van der Waals surface area (Å²) < 4.78 is 23.9. The summed E-state index contributed by atoms with van der Waals surface area (Å²) in [6, 6.07) is 0. The number of carbonyl (C=O) groups excluding carboxylic acids is 1. The average molecular weight is 117 g/mol. The molecule has 0 fully saturated rings. The molecule has 8 heavy (non-hydrogen) atoms. The van der Waals surface area contributed by atoms with Crippen LogP contribution in [0.2, 0.25) is 0 Å². The van der Waals surface area contributed by atoms with Crippen molar-refractivity contribution >= 4 is 5.97 Å². The van der Waals surface area contributed by atoms with Gasteiger partial charge in [0.25, 0.3) is 0 Å². The summed E-state index contributed by atoms with van der Waals surface area (Å²) >= 11 is 0. The van der Waals surface area contributed by atoms with Gasteiger partial charge in [-0.05, 0) is 13.8 Å². The van der Waals surface area contributed by atoms with Gasteiger partial charge in [0.2, 0.25) is 0 Å². The molecular weight excluding hydrogens is 104 g/mol. The van der Waals surface area contributed by atoms with Crippen LogP contribution in [-0.4, -0.2) is 13.0 Å². The van der Waals surface area contributed by atoms with E-state index in [0.29, 0.717) is 5.57 Å². The lowest BCUT2D eigenvalue weighted by molar-refractivity contribution is -0.136. The highest BCUT2D eigenvalue weighted by Gasteiger charge is 1.98. The van der Waals surface area contributed by atoms with Crippen LogP contribution in [0.3, 0.4) is 0 Å². The lowest BCUT2D eigenvalue weighted by Crippen LogP contribution is -2.00. The molecule has 0 bridgehead atoms. The molecule has 0 aliphatic rings.